The van der Waals surface area contributed by atoms with Gasteiger partial charge in [-0.2, -0.15) is 0 Å². The highest BCUT2D eigenvalue weighted by Crippen LogP contribution is 2.21. The van der Waals surface area contributed by atoms with Crippen LogP contribution in [0.2, 0.25) is 0 Å². The molecule has 1 aromatic rings. The first kappa shape index (κ1) is 9.75. The highest BCUT2D eigenvalue weighted by Gasteiger charge is 2.09. The van der Waals surface area contributed by atoms with Gasteiger partial charge in [0.15, 0.2) is 0 Å². The lowest BCUT2D eigenvalue weighted by atomic mass is 9.97. The smallest absolute Gasteiger partial charge is 0.0318 e. The van der Waals surface area contributed by atoms with E-state index in [0.29, 0.717) is 5.92 Å². The number of benzene rings is 1. The van der Waals surface area contributed by atoms with Crippen LogP contribution < -0.4 is 5.73 Å². The van der Waals surface area contributed by atoms with Crippen molar-refractivity contribution in [1.29, 1.82) is 0 Å². The third kappa shape index (κ3) is 2.32. The fourth-order valence-corrected chi connectivity index (χ4v) is 1.52. The second-order valence-electron chi connectivity index (χ2n) is 3.32. The van der Waals surface area contributed by atoms with Crippen LogP contribution in [0.15, 0.2) is 28.7 Å². The van der Waals surface area contributed by atoms with Gasteiger partial charge in [-0.1, -0.05) is 41.9 Å². The molecule has 0 spiro atoms. The molecule has 1 rings (SSSR count). The van der Waals surface area contributed by atoms with E-state index in [1.165, 1.54) is 5.56 Å². The van der Waals surface area contributed by atoms with Crippen molar-refractivity contribution in [2.24, 2.45) is 11.7 Å². The Morgan fingerprint density at radius 3 is 2.50 bits per heavy atom. The quantitative estimate of drug-likeness (QED) is 0.826. The van der Waals surface area contributed by atoms with E-state index in [1.807, 2.05) is 12.1 Å². The number of nitrogens with two attached hydrogens (primary N) is 1. The van der Waals surface area contributed by atoms with Crippen LogP contribution in [0.1, 0.15) is 25.5 Å². The lowest BCUT2D eigenvalue weighted by molar-refractivity contribution is 0.514. The predicted octanol–water partition coefficient (Wildman–Crippen LogP) is 3.10. The van der Waals surface area contributed by atoms with Crippen molar-refractivity contribution in [2.45, 2.75) is 19.9 Å². The van der Waals surface area contributed by atoms with Crippen molar-refractivity contribution in [3.8, 4) is 0 Å². The molecule has 0 saturated carbocycles. The average Bonchev–Trinajstić information content (AvgIpc) is 2.03. The van der Waals surface area contributed by atoms with Gasteiger partial charge >= 0.3 is 0 Å². The van der Waals surface area contributed by atoms with E-state index in [0.717, 1.165) is 4.47 Å². The molecular weight excluding hydrogens is 214 g/mol. The van der Waals surface area contributed by atoms with Gasteiger partial charge in [0.05, 0.1) is 0 Å². The molecule has 0 bridgehead atoms. The summed E-state index contributed by atoms with van der Waals surface area (Å²) >= 11 is 3.42. The summed E-state index contributed by atoms with van der Waals surface area (Å²) in [4.78, 5) is 0. The van der Waals surface area contributed by atoms with Gasteiger partial charge in [0.2, 0.25) is 0 Å². The SMILES string of the molecule is CC(C)[C@@H](N)c1cccc(Br)c1. The van der Waals surface area contributed by atoms with Gasteiger partial charge in [0.25, 0.3) is 0 Å². The lowest BCUT2D eigenvalue weighted by Crippen LogP contribution is -2.16. The van der Waals surface area contributed by atoms with Crippen LogP contribution >= 0.6 is 15.9 Å². The Labute approximate surface area is 82.1 Å². The molecule has 0 aliphatic carbocycles. The molecule has 2 heteroatoms. The molecule has 2 N–H and O–H groups in total. The standard InChI is InChI=1S/C10H14BrN/c1-7(2)10(12)8-4-3-5-9(11)6-8/h3-7,10H,12H2,1-2H3/t10-/m1/s1. The van der Waals surface area contributed by atoms with Crippen molar-refractivity contribution in [3.05, 3.63) is 34.3 Å². The largest absolute Gasteiger partial charge is 0.324 e. The van der Waals surface area contributed by atoms with Crippen molar-refractivity contribution < 1.29 is 0 Å². The van der Waals surface area contributed by atoms with E-state index in [1.54, 1.807) is 0 Å². The van der Waals surface area contributed by atoms with Crippen LogP contribution in [0, 0.1) is 5.92 Å². The molecule has 0 saturated heterocycles. The highest BCUT2D eigenvalue weighted by molar-refractivity contribution is 9.10. The van der Waals surface area contributed by atoms with Gasteiger partial charge in [0, 0.05) is 10.5 Å². The lowest BCUT2D eigenvalue weighted by Gasteiger charge is -2.15. The monoisotopic (exact) mass is 227 g/mol. The molecule has 0 amide bonds. The molecule has 0 unspecified atom stereocenters. The number of hydrogen-bond donors (Lipinski definition) is 1. The van der Waals surface area contributed by atoms with Crippen LogP contribution in [0.5, 0.6) is 0 Å². The molecule has 0 fully saturated rings. The van der Waals surface area contributed by atoms with Crippen molar-refractivity contribution in [2.75, 3.05) is 0 Å². The minimum Gasteiger partial charge on any atom is -0.324 e. The van der Waals surface area contributed by atoms with Crippen LogP contribution in [0.4, 0.5) is 0 Å². The van der Waals surface area contributed by atoms with Crippen LogP contribution in [-0.2, 0) is 0 Å². The molecule has 1 nitrogen and oxygen atoms in total. The van der Waals surface area contributed by atoms with E-state index >= 15 is 0 Å². The molecule has 0 aliphatic rings. The maximum atomic E-state index is 5.99. The van der Waals surface area contributed by atoms with E-state index in [-0.39, 0.29) is 6.04 Å². The van der Waals surface area contributed by atoms with E-state index < -0.39 is 0 Å². The fraction of sp³-hybridized carbons (Fsp3) is 0.400. The predicted molar refractivity (Wildman–Crippen MR) is 55.9 cm³/mol. The average molecular weight is 228 g/mol. The molecule has 12 heavy (non-hydrogen) atoms. The molecule has 0 radical (unpaired) electrons. The van der Waals surface area contributed by atoms with Crippen LogP contribution in [0.3, 0.4) is 0 Å². The number of halogens is 1. The van der Waals surface area contributed by atoms with E-state index in [2.05, 4.69) is 41.9 Å². The van der Waals surface area contributed by atoms with Crippen molar-refractivity contribution >= 4 is 15.9 Å². The maximum Gasteiger partial charge on any atom is 0.0318 e. The normalized spacial score (nSPS) is 13.4. The Balaban J connectivity index is 2.88. The molecule has 0 aromatic heterocycles. The highest BCUT2D eigenvalue weighted by atomic mass is 79.9. The fourth-order valence-electron chi connectivity index (χ4n) is 1.10. The zero-order chi connectivity index (χ0) is 9.14. The third-order valence-electron chi connectivity index (χ3n) is 1.95. The zero-order valence-electron chi connectivity index (χ0n) is 7.42. The Kier molecular flexibility index (Phi) is 3.29. The first-order valence-electron chi connectivity index (χ1n) is 4.12. The maximum absolute atomic E-state index is 5.99. The van der Waals surface area contributed by atoms with Gasteiger partial charge in [-0.15, -0.1) is 0 Å². The van der Waals surface area contributed by atoms with Crippen LogP contribution in [-0.4, -0.2) is 0 Å². The van der Waals surface area contributed by atoms with Gasteiger partial charge in [0.1, 0.15) is 0 Å². The molecule has 0 aliphatic heterocycles. The summed E-state index contributed by atoms with van der Waals surface area (Å²) in [6.07, 6.45) is 0. The van der Waals surface area contributed by atoms with Crippen molar-refractivity contribution in [3.63, 3.8) is 0 Å². The van der Waals surface area contributed by atoms with E-state index in [4.69, 9.17) is 5.73 Å². The van der Waals surface area contributed by atoms with Crippen molar-refractivity contribution in [1.82, 2.24) is 0 Å². The van der Waals surface area contributed by atoms with E-state index in [9.17, 15) is 0 Å². The summed E-state index contributed by atoms with van der Waals surface area (Å²) in [5.74, 6) is 0.485. The first-order chi connectivity index (χ1) is 5.61. The molecule has 1 aromatic carbocycles. The Bertz CT molecular complexity index is 258. The molecular formula is C10H14BrN. The number of rotatable bonds is 2. The Hall–Kier alpha value is -0.340. The summed E-state index contributed by atoms with van der Waals surface area (Å²) < 4.78 is 1.09. The summed E-state index contributed by atoms with van der Waals surface area (Å²) in [6, 6.07) is 8.31. The Morgan fingerprint density at radius 2 is 2.00 bits per heavy atom. The summed E-state index contributed by atoms with van der Waals surface area (Å²) in [5.41, 5.74) is 7.18. The van der Waals surface area contributed by atoms with Crippen LogP contribution in [0.25, 0.3) is 0 Å². The molecule has 66 valence electrons. The zero-order valence-corrected chi connectivity index (χ0v) is 9.01. The minimum absolute atomic E-state index is 0.141. The van der Waals surface area contributed by atoms with Gasteiger partial charge in [-0.05, 0) is 23.6 Å². The number of hydrogen-bond acceptors (Lipinski definition) is 1. The summed E-state index contributed by atoms with van der Waals surface area (Å²) in [7, 11) is 0. The molecule has 1 atom stereocenters. The topological polar surface area (TPSA) is 26.0 Å². The second-order valence-corrected chi connectivity index (χ2v) is 4.24. The minimum atomic E-state index is 0.141. The summed E-state index contributed by atoms with van der Waals surface area (Å²) in [6.45, 7) is 4.26. The van der Waals surface area contributed by atoms with Gasteiger partial charge in [-0.3, -0.25) is 0 Å². The van der Waals surface area contributed by atoms with Gasteiger partial charge in [-0.25, -0.2) is 0 Å². The summed E-state index contributed by atoms with van der Waals surface area (Å²) in [5, 5.41) is 0. The second kappa shape index (κ2) is 4.06. The third-order valence-corrected chi connectivity index (χ3v) is 2.45. The van der Waals surface area contributed by atoms with Gasteiger partial charge < -0.3 is 5.73 Å². The Morgan fingerprint density at radius 1 is 1.33 bits per heavy atom. The molecule has 0 heterocycles. The first-order valence-corrected chi connectivity index (χ1v) is 4.91.